The number of sulfonamides is 1. The van der Waals surface area contributed by atoms with E-state index in [0.29, 0.717) is 43.3 Å². The molecule has 1 aromatic carbocycles. The van der Waals surface area contributed by atoms with Crippen molar-refractivity contribution in [1.29, 1.82) is 0 Å². The Morgan fingerprint density at radius 3 is 2.70 bits per heavy atom. The second kappa shape index (κ2) is 8.02. The first-order chi connectivity index (χ1) is 14.4. The van der Waals surface area contributed by atoms with Crippen LogP contribution in [0.3, 0.4) is 0 Å². The van der Waals surface area contributed by atoms with Crippen molar-refractivity contribution in [3.05, 3.63) is 59.6 Å². The summed E-state index contributed by atoms with van der Waals surface area (Å²) < 4.78 is 39.9. The van der Waals surface area contributed by atoms with Gasteiger partial charge in [-0.25, -0.2) is 8.42 Å². The van der Waals surface area contributed by atoms with Crippen LogP contribution in [-0.2, 0) is 30.1 Å². The Morgan fingerprint density at radius 2 is 2.07 bits per heavy atom. The van der Waals surface area contributed by atoms with E-state index in [4.69, 9.17) is 9.47 Å². The lowest BCUT2D eigenvalue weighted by atomic mass is 10.1. The van der Waals surface area contributed by atoms with Crippen LogP contribution in [0.4, 0.5) is 11.4 Å². The lowest BCUT2D eigenvalue weighted by Gasteiger charge is -2.32. The molecule has 4 rings (SSSR count). The summed E-state index contributed by atoms with van der Waals surface area (Å²) in [5.41, 5.74) is 1.62. The zero-order chi connectivity index (χ0) is 21.4. The van der Waals surface area contributed by atoms with E-state index >= 15 is 0 Å². The minimum Gasteiger partial charge on any atom is -0.338 e. The molecule has 1 aromatic rings. The predicted octanol–water partition coefficient (Wildman–Crippen LogP) is 3.42. The zero-order valence-electron chi connectivity index (χ0n) is 17.0. The summed E-state index contributed by atoms with van der Waals surface area (Å²) in [6.45, 7) is 6.66. The summed E-state index contributed by atoms with van der Waals surface area (Å²) in [4.78, 5) is 15.1. The van der Waals surface area contributed by atoms with Crippen LogP contribution in [0.25, 0.3) is 0 Å². The molecular weight excluding hydrogens is 404 g/mol. The fourth-order valence-electron chi connectivity index (χ4n) is 3.77. The third-order valence-electron chi connectivity index (χ3n) is 5.45. The van der Waals surface area contributed by atoms with Gasteiger partial charge in [-0.3, -0.25) is 9.52 Å². The van der Waals surface area contributed by atoms with E-state index in [0.717, 1.165) is 18.5 Å². The molecule has 1 aliphatic carbocycles. The Morgan fingerprint density at radius 1 is 1.33 bits per heavy atom. The lowest BCUT2D eigenvalue weighted by Crippen LogP contribution is -2.47. The fraction of sp³-hybridized carbons (Fsp3) is 0.409. The second-order valence-electron chi connectivity index (χ2n) is 7.65. The Labute approximate surface area is 177 Å². The Hall–Kier alpha value is -2.42. The summed E-state index contributed by atoms with van der Waals surface area (Å²) >= 11 is 0. The number of rotatable bonds is 7. The van der Waals surface area contributed by atoms with Crippen molar-refractivity contribution < 1.29 is 22.7 Å². The maximum atomic E-state index is 13.3. The number of nitrogens with one attached hydrogen (secondary N) is 1. The molecule has 0 unspecified atom stereocenters. The minimum atomic E-state index is -3.80. The van der Waals surface area contributed by atoms with E-state index in [1.54, 1.807) is 36.1 Å². The van der Waals surface area contributed by atoms with Crippen LogP contribution in [0.15, 0.2) is 54.0 Å². The number of carbonyl (C=O) groups is 1. The van der Waals surface area contributed by atoms with Gasteiger partial charge in [-0.1, -0.05) is 24.8 Å². The molecule has 0 aromatic heterocycles. The number of amides is 1. The van der Waals surface area contributed by atoms with Gasteiger partial charge in [0.15, 0.2) is 0 Å². The highest BCUT2D eigenvalue weighted by Gasteiger charge is 2.55. The average molecular weight is 431 g/mol. The number of allylic oxidation sites excluding steroid dienone is 4. The van der Waals surface area contributed by atoms with E-state index in [-0.39, 0.29) is 10.8 Å². The van der Waals surface area contributed by atoms with Crippen LogP contribution in [0, 0.1) is 5.92 Å². The second-order valence-corrected chi connectivity index (χ2v) is 9.33. The van der Waals surface area contributed by atoms with E-state index in [2.05, 4.69) is 11.3 Å². The van der Waals surface area contributed by atoms with E-state index in [9.17, 15) is 13.2 Å². The molecule has 0 bridgehead atoms. The van der Waals surface area contributed by atoms with Crippen molar-refractivity contribution in [3.8, 4) is 0 Å². The van der Waals surface area contributed by atoms with Crippen molar-refractivity contribution in [2.45, 2.75) is 32.0 Å². The Bertz CT molecular complexity index is 1020. The van der Waals surface area contributed by atoms with Gasteiger partial charge in [0.2, 0.25) is 0 Å². The Balaban J connectivity index is 1.70. The predicted molar refractivity (Wildman–Crippen MR) is 115 cm³/mol. The van der Waals surface area contributed by atoms with E-state index in [1.807, 2.05) is 0 Å². The van der Waals surface area contributed by atoms with Crippen molar-refractivity contribution in [2.24, 2.45) is 5.92 Å². The first kappa shape index (κ1) is 20.8. The molecule has 0 radical (unpaired) electrons. The SMILES string of the molecule is C=C/C=C\C(=C/C)S(=O)(=O)Nc1ccc2c(c1)C1(OCCCO1)C(=O)N2CC1CC1. The highest BCUT2D eigenvalue weighted by atomic mass is 32.2. The van der Waals surface area contributed by atoms with Gasteiger partial charge in [0, 0.05) is 17.8 Å². The number of nitrogens with zero attached hydrogens (tertiary/aromatic N) is 1. The van der Waals surface area contributed by atoms with Crippen LogP contribution in [0.5, 0.6) is 0 Å². The molecule has 30 heavy (non-hydrogen) atoms. The van der Waals surface area contributed by atoms with Gasteiger partial charge in [-0.2, -0.15) is 0 Å². The largest absolute Gasteiger partial charge is 0.338 e. The maximum absolute atomic E-state index is 13.3. The number of ether oxygens (including phenoxy) is 2. The third-order valence-corrected chi connectivity index (χ3v) is 6.95. The van der Waals surface area contributed by atoms with Crippen molar-refractivity contribution in [1.82, 2.24) is 0 Å². The van der Waals surface area contributed by atoms with Crippen molar-refractivity contribution in [2.75, 3.05) is 29.4 Å². The first-order valence-electron chi connectivity index (χ1n) is 10.1. The number of fused-ring (bicyclic) bond motifs is 2. The zero-order valence-corrected chi connectivity index (χ0v) is 17.8. The van der Waals surface area contributed by atoms with Crippen LogP contribution in [0.1, 0.15) is 31.7 Å². The van der Waals surface area contributed by atoms with Gasteiger partial charge in [-0.15, -0.1) is 0 Å². The van der Waals surface area contributed by atoms with Crippen LogP contribution < -0.4 is 9.62 Å². The average Bonchev–Trinajstić information content (AvgIpc) is 3.53. The molecule has 1 N–H and O–H groups in total. The fourth-order valence-corrected chi connectivity index (χ4v) is 4.89. The van der Waals surface area contributed by atoms with Crippen molar-refractivity contribution in [3.63, 3.8) is 0 Å². The number of anilines is 2. The third kappa shape index (κ3) is 3.71. The van der Waals surface area contributed by atoms with Crippen LogP contribution in [0.2, 0.25) is 0 Å². The molecule has 2 fully saturated rings. The number of hydrogen-bond donors (Lipinski definition) is 1. The summed E-state index contributed by atoms with van der Waals surface area (Å²) in [6, 6.07) is 5.07. The lowest BCUT2D eigenvalue weighted by molar-refractivity contribution is -0.256. The molecule has 3 aliphatic rings. The molecule has 1 saturated carbocycles. The highest BCUT2D eigenvalue weighted by molar-refractivity contribution is 7.96. The maximum Gasteiger partial charge on any atom is 0.292 e. The molecular formula is C22H26N2O5S. The number of carbonyl (C=O) groups excluding carboxylic acids is 1. The van der Waals surface area contributed by atoms with Crippen LogP contribution in [-0.4, -0.2) is 34.1 Å². The standard InChI is InChI=1S/C22H26N2O5S/c1-3-5-7-18(4-2)30(26,27)23-17-10-11-20-19(14-17)22(28-12-6-13-29-22)21(25)24(20)15-16-8-9-16/h3-5,7,10-11,14,16,23H,1,6,8-9,12-13,15H2,2H3/b7-5-,18-4+. The van der Waals surface area contributed by atoms with E-state index in [1.165, 1.54) is 18.2 Å². The first-order valence-corrected chi connectivity index (χ1v) is 11.6. The molecule has 2 heterocycles. The van der Waals surface area contributed by atoms with Gasteiger partial charge >= 0.3 is 0 Å². The summed E-state index contributed by atoms with van der Waals surface area (Å²) in [6.07, 6.45) is 8.97. The van der Waals surface area contributed by atoms with Gasteiger partial charge in [0.1, 0.15) is 0 Å². The number of benzene rings is 1. The smallest absolute Gasteiger partial charge is 0.292 e. The molecule has 2 aliphatic heterocycles. The van der Waals surface area contributed by atoms with Gasteiger partial charge < -0.3 is 14.4 Å². The van der Waals surface area contributed by atoms with Crippen molar-refractivity contribution >= 4 is 27.3 Å². The monoisotopic (exact) mass is 430 g/mol. The molecule has 8 heteroatoms. The molecule has 1 saturated heterocycles. The molecule has 0 atom stereocenters. The summed E-state index contributed by atoms with van der Waals surface area (Å²) in [5.74, 6) is -1.23. The molecule has 160 valence electrons. The molecule has 1 amide bonds. The van der Waals surface area contributed by atoms with Gasteiger partial charge in [0.05, 0.1) is 23.8 Å². The minimum absolute atomic E-state index is 0.120. The van der Waals surface area contributed by atoms with E-state index < -0.39 is 15.8 Å². The quantitative estimate of drug-likeness (QED) is 0.670. The van der Waals surface area contributed by atoms with Gasteiger partial charge in [0.25, 0.3) is 21.7 Å². The summed E-state index contributed by atoms with van der Waals surface area (Å²) in [5, 5.41) is 0. The van der Waals surface area contributed by atoms with Gasteiger partial charge in [-0.05, 0) is 56.4 Å². The molecule has 1 spiro atoms. The highest BCUT2D eigenvalue weighted by Crippen LogP contribution is 2.47. The number of hydrogen-bond acceptors (Lipinski definition) is 5. The van der Waals surface area contributed by atoms with Crippen LogP contribution >= 0.6 is 0 Å². The molecule has 7 nitrogen and oxygen atoms in total. The Kier molecular flexibility index (Phi) is 5.57. The summed E-state index contributed by atoms with van der Waals surface area (Å²) in [7, 11) is -3.80. The normalized spacial score (nSPS) is 21.3. The topological polar surface area (TPSA) is 84.9 Å².